The number of anilines is 1. The van der Waals surface area contributed by atoms with E-state index in [4.69, 9.17) is 5.73 Å². The van der Waals surface area contributed by atoms with Gasteiger partial charge in [-0.2, -0.15) is 13.2 Å². The van der Waals surface area contributed by atoms with E-state index >= 15 is 0 Å². The van der Waals surface area contributed by atoms with Gasteiger partial charge >= 0.3 is 6.18 Å². The van der Waals surface area contributed by atoms with Crippen molar-refractivity contribution in [1.29, 1.82) is 0 Å². The van der Waals surface area contributed by atoms with E-state index in [0.29, 0.717) is 5.70 Å². The molecule has 1 unspecified atom stereocenters. The zero-order chi connectivity index (χ0) is 17.5. The summed E-state index contributed by atoms with van der Waals surface area (Å²) in [7, 11) is 0. The van der Waals surface area contributed by atoms with Crippen molar-refractivity contribution in [3.8, 4) is 0 Å². The molecule has 2 N–H and O–H groups in total. The molecule has 1 atom stereocenters. The predicted octanol–water partition coefficient (Wildman–Crippen LogP) is 4.57. The van der Waals surface area contributed by atoms with Crippen LogP contribution in [0, 0.1) is 0 Å². The SMILES string of the molecule is CC1C=C(N)c2cccc(Br)c2N1Cc1cnccc1C(F)(F)F. The summed E-state index contributed by atoms with van der Waals surface area (Å²) in [5.41, 5.74) is 7.77. The molecule has 0 saturated carbocycles. The molecule has 0 aliphatic carbocycles. The second-order valence-corrected chi connectivity index (χ2v) is 6.51. The summed E-state index contributed by atoms with van der Waals surface area (Å²) >= 11 is 3.49. The van der Waals surface area contributed by atoms with Crippen LogP contribution >= 0.6 is 15.9 Å². The minimum atomic E-state index is -4.41. The Morgan fingerprint density at radius 3 is 2.75 bits per heavy atom. The molecule has 1 aliphatic heterocycles. The maximum atomic E-state index is 13.2. The first-order valence-corrected chi connectivity index (χ1v) is 8.11. The summed E-state index contributed by atoms with van der Waals surface area (Å²) in [6.07, 6.45) is -0.136. The maximum Gasteiger partial charge on any atom is 0.416 e. The second kappa shape index (κ2) is 6.12. The lowest BCUT2D eigenvalue weighted by Crippen LogP contribution is -2.36. The van der Waals surface area contributed by atoms with Crippen molar-refractivity contribution in [3.05, 3.63) is 63.9 Å². The Morgan fingerprint density at radius 2 is 2.04 bits per heavy atom. The van der Waals surface area contributed by atoms with Gasteiger partial charge < -0.3 is 10.6 Å². The van der Waals surface area contributed by atoms with E-state index in [1.807, 2.05) is 36.1 Å². The van der Waals surface area contributed by atoms with Gasteiger partial charge in [-0.1, -0.05) is 12.1 Å². The summed E-state index contributed by atoms with van der Waals surface area (Å²) < 4.78 is 40.5. The van der Waals surface area contributed by atoms with Gasteiger partial charge in [-0.3, -0.25) is 4.98 Å². The van der Waals surface area contributed by atoms with Gasteiger partial charge in [0.2, 0.25) is 0 Å². The van der Waals surface area contributed by atoms with Crippen LogP contribution in [0.5, 0.6) is 0 Å². The number of pyridine rings is 1. The Morgan fingerprint density at radius 1 is 1.29 bits per heavy atom. The fraction of sp³-hybridized carbons (Fsp3) is 0.235. The number of hydrogen-bond donors (Lipinski definition) is 1. The van der Waals surface area contributed by atoms with Crippen LogP contribution in [0.4, 0.5) is 18.9 Å². The lowest BCUT2D eigenvalue weighted by Gasteiger charge is -2.36. The van der Waals surface area contributed by atoms with Crippen LogP contribution in [0.1, 0.15) is 23.6 Å². The Labute approximate surface area is 146 Å². The van der Waals surface area contributed by atoms with Crippen molar-refractivity contribution in [2.75, 3.05) is 4.90 Å². The van der Waals surface area contributed by atoms with Crippen LogP contribution in [0.3, 0.4) is 0 Å². The van der Waals surface area contributed by atoms with Gasteiger partial charge in [-0.25, -0.2) is 0 Å². The number of benzene rings is 1. The van der Waals surface area contributed by atoms with Crippen molar-refractivity contribution in [3.63, 3.8) is 0 Å². The second-order valence-electron chi connectivity index (χ2n) is 5.66. The van der Waals surface area contributed by atoms with Gasteiger partial charge in [0.1, 0.15) is 0 Å². The number of nitrogens with zero attached hydrogens (tertiary/aromatic N) is 2. The number of rotatable bonds is 2. The highest BCUT2D eigenvalue weighted by atomic mass is 79.9. The molecule has 1 aromatic carbocycles. The molecule has 3 nitrogen and oxygen atoms in total. The summed E-state index contributed by atoms with van der Waals surface area (Å²) in [6.45, 7) is 1.99. The topological polar surface area (TPSA) is 42.1 Å². The average molecular weight is 398 g/mol. The van der Waals surface area contributed by atoms with Crippen molar-refractivity contribution < 1.29 is 13.2 Å². The molecule has 0 fully saturated rings. The largest absolute Gasteiger partial charge is 0.416 e. The molecule has 0 radical (unpaired) electrons. The number of nitrogens with two attached hydrogens (primary N) is 1. The van der Waals surface area contributed by atoms with E-state index in [-0.39, 0.29) is 18.2 Å². The van der Waals surface area contributed by atoms with Crippen LogP contribution in [0.15, 0.2) is 47.2 Å². The molecule has 0 spiro atoms. The Balaban J connectivity index is 2.07. The summed E-state index contributed by atoms with van der Waals surface area (Å²) in [5.74, 6) is 0. The van der Waals surface area contributed by atoms with Gasteiger partial charge in [-0.15, -0.1) is 0 Å². The van der Waals surface area contributed by atoms with Crippen molar-refractivity contribution >= 4 is 27.3 Å². The monoisotopic (exact) mass is 397 g/mol. The van der Waals surface area contributed by atoms with E-state index in [1.54, 1.807) is 0 Å². The molecule has 0 saturated heterocycles. The van der Waals surface area contributed by atoms with Crippen LogP contribution < -0.4 is 10.6 Å². The highest BCUT2D eigenvalue weighted by Gasteiger charge is 2.34. The smallest absolute Gasteiger partial charge is 0.398 e. The third-order valence-corrected chi connectivity index (χ3v) is 4.69. The van der Waals surface area contributed by atoms with Crippen molar-refractivity contribution in [2.24, 2.45) is 5.73 Å². The van der Waals surface area contributed by atoms with E-state index in [1.165, 1.54) is 6.20 Å². The highest BCUT2D eigenvalue weighted by molar-refractivity contribution is 9.10. The quantitative estimate of drug-likeness (QED) is 0.806. The van der Waals surface area contributed by atoms with Crippen molar-refractivity contribution in [1.82, 2.24) is 4.98 Å². The molecule has 2 aromatic rings. The fourth-order valence-corrected chi connectivity index (χ4v) is 3.51. The molecule has 2 heterocycles. The van der Waals surface area contributed by atoms with Gasteiger partial charge in [0, 0.05) is 46.3 Å². The number of hydrogen-bond acceptors (Lipinski definition) is 3. The number of fused-ring (bicyclic) bond motifs is 1. The normalized spacial score (nSPS) is 17.5. The molecule has 1 aromatic heterocycles. The molecule has 7 heteroatoms. The summed E-state index contributed by atoms with van der Waals surface area (Å²) in [6, 6.07) is 6.43. The average Bonchev–Trinajstić information content (AvgIpc) is 2.51. The fourth-order valence-electron chi connectivity index (χ4n) is 2.92. The van der Waals surface area contributed by atoms with Gasteiger partial charge in [0.15, 0.2) is 0 Å². The number of alkyl halides is 3. The minimum absolute atomic E-state index is 0.0866. The minimum Gasteiger partial charge on any atom is -0.398 e. The Bertz CT molecular complexity index is 802. The maximum absolute atomic E-state index is 13.2. The Kier molecular flexibility index (Phi) is 4.29. The molecule has 0 amide bonds. The third-order valence-electron chi connectivity index (χ3n) is 4.05. The molecule has 3 rings (SSSR count). The number of para-hydroxylation sites is 1. The van der Waals surface area contributed by atoms with Crippen LogP contribution in [0.25, 0.3) is 5.70 Å². The third kappa shape index (κ3) is 3.00. The molecular weight excluding hydrogens is 383 g/mol. The molecular formula is C17H15BrF3N3. The van der Waals surface area contributed by atoms with Gasteiger partial charge in [-0.05, 0) is 41.1 Å². The van der Waals surface area contributed by atoms with E-state index in [0.717, 1.165) is 28.0 Å². The summed E-state index contributed by atoms with van der Waals surface area (Å²) in [5, 5.41) is 0. The van der Waals surface area contributed by atoms with Crippen LogP contribution in [-0.2, 0) is 12.7 Å². The highest BCUT2D eigenvalue weighted by Crippen LogP contribution is 2.40. The van der Waals surface area contributed by atoms with E-state index in [9.17, 15) is 13.2 Å². The molecule has 1 aliphatic rings. The van der Waals surface area contributed by atoms with Crippen molar-refractivity contribution in [2.45, 2.75) is 25.7 Å². The van der Waals surface area contributed by atoms with Gasteiger partial charge in [0.25, 0.3) is 0 Å². The van der Waals surface area contributed by atoms with Crippen LogP contribution in [0.2, 0.25) is 0 Å². The van der Waals surface area contributed by atoms with Crippen LogP contribution in [-0.4, -0.2) is 11.0 Å². The Hall–Kier alpha value is -2.02. The lowest BCUT2D eigenvalue weighted by atomic mass is 9.99. The first-order chi connectivity index (χ1) is 11.3. The molecule has 24 heavy (non-hydrogen) atoms. The zero-order valence-corrected chi connectivity index (χ0v) is 14.4. The first kappa shape index (κ1) is 16.8. The predicted molar refractivity (Wildman–Crippen MR) is 91.2 cm³/mol. The zero-order valence-electron chi connectivity index (χ0n) is 12.8. The van der Waals surface area contributed by atoms with E-state index < -0.39 is 11.7 Å². The van der Waals surface area contributed by atoms with E-state index in [2.05, 4.69) is 20.9 Å². The lowest BCUT2D eigenvalue weighted by molar-refractivity contribution is -0.138. The number of halogens is 4. The summed E-state index contributed by atoms with van der Waals surface area (Å²) in [4.78, 5) is 5.76. The first-order valence-electron chi connectivity index (χ1n) is 7.32. The van der Waals surface area contributed by atoms with Gasteiger partial charge in [0.05, 0.1) is 11.3 Å². The standard InChI is InChI=1S/C17H15BrF3N3/c1-10-7-15(22)12-3-2-4-14(18)16(12)24(10)9-11-8-23-6-5-13(11)17(19,20)21/h2-8,10H,9,22H2,1H3. The molecule has 126 valence electrons. The molecule has 0 bridgehead atoms. The number of aromatic nitrogens is 1.